The number of ether oxygens (including phenoxy) is 1. The summed E-state index contributed by atoms with van der Waals surface area (Å²) in [5.41, 5.74) is 1.37. The number of aromatic hydroxyl groups is 1. The van der Waals surface area contributed by atoms with Crippen molar-refractivity contribution in [1.29, 1.82) is 0 Å². The molecule has 3 rings (SSSR count). The van der Waals surface area contributed by atoms with Gasteiger partial charge in [-0.2, -0.15) is 0 Å². The molecule has 2 aromatic carbocycles. The third-order valence-corrected chi connectivity index (χ3v) is 4.49. The van der Waals surface area contributed by atoms with Gasteiger partial charge in [0, 0.05) is 31.9 Å². The molecule has 144 valence electrons. The summed E-state index contributed by atoms with van der Waals surface area (Å²) in [6, 6.07) is 12.6. The van der Waals surface area contributed by atoms with Gasteiger partial charge in [0.15, 0.2) is 5.11 Å². The van der Waals surface area contributed by atoms with Crippen molar-refractivity contribution in [3.05, 3.63) is 48.5 Å². The van der Waals surface area contributed by atoms with E-state index in [0.29, 0.717) is 37.0 Å². The average Bonchev–Trinajstić information content (AvgIpc) is 2.63. The quantitative estimate of drug-likeness (QED) is 0.769. The van der Waals surface area contributed by atoms with Crippen molar-refractivity contribution in [2.75, 3.05) is 36.4 Å². The molecule has 27 heavy (non-hydrogen) atoms. The number of piperazine rings is 1. The number of nitrogens with zero attached hydrogens (tertiary/aromatic N) is 2. The number of halogens is 3. The van der Waals surface area contributed by atoms with E-state index in [1.54, 1.807) is 12.1 Å². The maximum Gasteiger partial charge on any atom is 0.573 e. The second-order valence-corrected chi connectivity index (χ2v) is 6.35. The maximum absolute atomic E-state index is 12.2. The van der Waals surface area contributed by atoms with Crippen LogP contribution in [0.4, 0.5) is 24.5 Å². The van der Waals surface area contributed by atoms with Gasteiger partial charge in [0.05, 0.1) is 5.69 Å². The van der Waals surface area contributed by atoms with Crippen LogP contribution in [-0.4, -0.2) is 47.7 Å². The number of thiocarbonyl (C=S) groups is 1. The number of hydrogen-bond acceptors (Lipinski definition) is 4. The van der Waals surface area contributed by atoms with E-state index in [4.69, 9.17) is 12.2 Å². The molecule has 0 atom stereocenters. The van der Waals surface area contributed by atoms with Crippen molar-refractivity contribution >= 4 is 28.7 Å². The van der Waals surface area contributed by atoms with E-state index in [0.717, 1.165) is 5.69 Å². The Bertz CT molecular complexity index is 791. The normalized spacial score (nSPS) is 14.8. The Hall–Kier alpha value is -2.68. The van der Waals surface area contributed by atoms with Gasteiger partial charge in [-0.05, 0) is 48.6 Å². The molecule has 0 spiro atoms. The molecule has 0 bridgehead atoms. The first kappa shape index (κ1) is 19.1. The minimum Gasteiger partial charge on any atom is -0.506 e. The van der Waals surface area contributed by atoms with Crippen LogP contribution in [0.1, 0.15) is 0 Å². The van der Waals surface area contributed by atoms with Crippen molar-refractivity contribution in [1.82, 2.24) is 4.90 Å². The lowest BCUT2D eigenvalue weighted by Gasteiger charge is -2.37. The Morgan fingerprint density at radius 2 is 1.63 bits per heavy atom. The fourth-order valence-electron chi connectivity index (χ4n) is 2.82. The standard InChI is InChI=1S/C18H18F3N3O2S/c19-18(20,21)26-14-7-5-13(6-8-14)22-17(27)24-11-9-23(10-12-24)15-3-1-2-4-16(15)25/h1-8,25H,9-12H2,(H,22,27). The molecule has 0 unspecified atom stereocenters. The van der Waals surface area contributed by atoms with Gasteiger partial charge >= 0.3 is 6.36 Å². The van der Waals surface area contributed by atoms with Crippen molar-refractivity contribution in [2.45, 2.75) is 6.36 Å². The number of para-hydroxylation sites is 2. The molecule has 1 heterocycles. The van der Waals surface area contributed by atoms with Gasteiger partial charge in [-0.15, -0.1) is 13.2 Å². The van der Waals surface area contributed by atoms with Crippen LogP contribution in [0.2, 0.25) is 0 Å². The van der Waals surface area contributed by atoms with Crippen LogP contribution in [0.15, 0.2) is 48.5 Å². The van der Waals surface area contributed by atoms with Crippen LogP contribution >= 0.6 is 12.2 Å². The predicted octanol–water partition coefficient (Wildman–Crippen LogP) is 3.81. The minimum atomic E-state index is -4.71. The molecule has 2 aromatic rings. The van der Waals surface area contributed by atoms with E-state index in [1.165, 1.54) is 24.3 Å². The summed E-state index contributed by atoms with van der Waals surface area (Å²) in [7, 11) is 0. The molecule has 5 nitrogen and oxygen atoms in total. The lowest BCUT2D eigenvalue weighted by atomic mass is 10.2. The first-order valence-electron chi connectivity index (χ1n) is 8.26. The summed E-state index contributed by atoms with van der Waals surface area (Å²) in [6.07, 6.45) is -4.71. The molecule has 1 aliphatic heterocycles. The molecule has 9 heteroatoms. The zero-order chi connectivity index (χ0) is 19.4. The fraction of sp³-hybridized carbons (Fsp3) is 0.278. The third kappa shape index (κ3) is 5.16. The Balaban J connectivity index is 1.53. The highest BCUT2D eigenvalue weighted by atomic mass is 32.1. The molecular formula is C18H18F3N3O2S. The molecule has 1 aliphatic rings. The molecule has 0 saturated carbocycles. The number of hydrogen-bond donors (Lipinski definition) is 2. The largest absolute Gasteiger partial charge is 0.573 e. The first-order valence-corrected chi connectivity index (χ1v) is 8.67. The molecule has 0 aromatic heterocycles. The number of benzene rings is 2. The Morgan fingerprint density at radius 3 is 2.22 bits per heavy atom. The van der Waals surface area contributed by atoms with E-state index in [2.05, 4.69) is 15.0 Å². The lowest BCUT2D eigenvalue weighted by Crippen LogP contribution is -2.50. The fourth-order valence-corrected chi connectivity index (χ4v) is 3.12. The number of phenolic OH excluding ortho intramolecular Hbond substituents is 1. The van der Waals surface area contributed by atoms with Crippen molar-refractivity contribution < 1.29 is 23.0 Å². The Kier molecular flexibility index (Phi) is 5.59. The summed E-state index contributed by atoms with van der Waals surface area (Å²) in [5.74, 6) is -0.0388. The van der Waals surface area contributed by atoms with Gasteiger partial charge in [-0.3, -0.25) is 0 Å². The van der Waals surface area contributed by atoms with Crippen molar-refractivity contribution in [3.63, 3.8) is 0 Å². The summed E-state index contributed by atoms with van der Waals surface area (Å²) in [6.45, 7) is 2.71. The first-order chi connectivity index (χ1) is 12.8. The highest BCUT2D eigenvalue weighted by Crippen LogP contribution is 2.27. The summed E-state index contributed by atoms with van der Waals surface area (Å²) in [5, 5.41) is 13.5. The number of alkyl halides is 3. The van der Waals surface area contributed by atoms with Gasteiger partial charge in [0.2, 0.25) is 0 Å². The molecule has 1 saturated heterocycles. The smallest absolute Gasteiger partial charge is 0.506 e. The highest BCUT2D eigenvalue weighted by Gasteiger charge is 2.31. The van der Waals surface area contributed by atoms with Gasteiger partial charge in [0.25, 0.3) is 0 Å². The van der Waals surface area contributed by atoms with E-state index < -0.39 is 6.36 Å². The average molecular weight is 397 g/mol. The second-order valence-electron chi connectivity index (χ2n) is 5.97. The van der Waals surface area contributed by atoms with Crippen LogP contribution < -0.4 is 15.0 Å². The SMILES string of the molecule is Oc1ccccc1N1CCN(C(=S)Nc2ccc(OC(F)(F)F)cc2)CC1. The van der Waals surface area contributed by atoms with Gasteiger partial charge in [-0.1, -0.05) is 12.1 Å². The molecule has 0 radical (unpaired) electrons. The van der Waals surface area contributed by atoms with E-state index in [-0.39, 0.29) is 11.5 Å². The van der Waals surface area contributed by atoms with Crippen LogP contribution in [-0.2, 0) is 0 Å². The van der Waals surface area contributed by atoms with Crippen LogP contribution in [0.5, 0.6) is 11.5 Å². The molecule has 0 aliphatic carbocycles. The molecular weight excluding hydrogens is 379 g/mol. The van der Waals surface area contributed by atoms with E-state index in [9.17, 15) is 18.3 Å². The molecule has 2 N–H and O–H groups in total. The van der Waals surface area contributed by atoms with E-state index >= 15 is 0 Å². The lowest BCUT2D eigenvalue weighted by molar-refractivity contribution is -0.274. The minimum absolute atomic E-state index is 0.243. The van der Waals surface area contributed by atoms with Crippen molar-refractivity contribution in [2.24, 2.45) is 0 Å². The molecule has 1 fully saturated rings. The predicted molar refractivity (Wildman–Crippen MR) is 101 cm³/mol. The number of anilines is 2. The molecule has 0 amide bonds. The van der Waals surface area contributed by atoms with Crippen LogP contribution in [0.25, 0.3) is 0 Å². The second kappa shape index (κ2) is 7.91. The summed E-state index contributed by atoms with van der Waals surface area (Å²) >= 11 is 5.39. The number of nitrogens with one attached hydrogen (secondary N) is 1. The summed E-state index contributed by atoms with van der Waals surface area (Å²) in [4.78, 5) is 4.06. The zero-order valence-electron chi connectivity index (χ0n) is 14.2. The van der Waals surface area contributed by atoms with Crippen LogP contribution in [0, 0.1) is 0 Å². The van der Waals surface area contributed by atoms with Crippen molar-refractivity contribution in [3.8, 4) is 11.5 Å². The maximum atomic E-state index is 12.2. The van der Waals surface area contributed by atoms with Gasteiger partial charge in [-0.25, -0.2) is 0 Å². The zero-order valence-corrected chi connectivity index (χ0v) is 15.1. The van der Waals surface area contributed by atoms with Crippen LogP contribution in [0.3, 0.4) is 0 Å². The Labute approximate surface area is 160 Å². The summed E-state index contributed by atoms with van der Waals surface area (Å²) < 4.78 is 40.4. The highest BCUT2D eigenvalue weighted by molar-refractivity contribution is 7.80. The van der Waals surface area contributed by atoms with Gasteiger partial charge < -0.3 is 25.0 Å². The topological polar surface area (TPSA) is 48.0 Å². The number of rotatable bonds is 3. The van der Waals surface area contributed by atoms with E-state index in [1.807, 2.05) is 17.0 Å². The monoisotopic (exact) mass is 397 g/mol. The van der Waals surface area contributed by atoms with Gasteiger partial charge in [0.1, 0.15) is 11.5 Å². The Morgan fingerprint density at radius 1 is 1.00 bits per heavy atom. The third-order valence-electron chi connectivity index (χ3n) is 4.13. The number of phenols is 1.